The number of nitrogens with zero attached hydrogens (tertiary/aromatic N) is 2. The summed E-state index contributed by atoms with van der Waals surface area (Å²) in [4.78, 5) is 2.43. The zero-order valence-electron chi connectivity index (χ0n) is 17.3. The number of aromatic nitrogens is 1. The summed E-state index contributed by atoms with van der Waals surface area (Å²) in [5, 5.41) is 24.8. The van der Waals surface area contributed by atoms with E-state index in [4.69, 9.17) is 9.26 Å². The molecule has 0 radical (unpaired) electrons. The zero-order valence-corrected chi connectivity index (χ0v) is 19.5. The van der Waals surface area contributed by atoms with Gasteiger partial charge in [0.25, 0.3) is 0 Å². The molecular weight excluding hydrogens is 514 g/mol. The van der Waals surface area contributed by atoms with Crippen LogP contribution in [-0.4, -0.2) is 44.0 Å². The second kappa shape index (κ2) is 9.70. The predicted molar refractivity (Wildman–Crippen MR) is 124 cm³/mol. The molecule has 1 aliphatic heterocycles. The van der Waals surface area contributed by atoms with E-state index in [0.29, 0.717) is 33.5 Å². The zero-order chi connectivity index (χ0) is 22.0. The topological polar surface area (TPSA) is 79.0 Å². The van der Waals surface area contributed by atoms with Crippen LogP contribution in [0, 0.1) is 5.82 Å². The summed E-state index contributed by atoms with van der Waals surface area (Å²) in [5.41, 5.74) is 2.09. The number of hydrogen-bond donors (Lipinski definition) is 2. The van der Waals surface area contributed by atoms with E-state index in [-0.39, 0.29) is 11.6 Å². The summed E-state index contributed by atoms with van der Waals surface area (Å²) in [7, 11) is 0. The SMILES string of the molecule is CC(O)c1ccc(OCCCN2CCC(c3noc4cc(F)ccc34)CC2I)c(O)c1. The molecule has 0 spiro atoms. The first-order valence-electron chi connectivity index (χ1n) is 10.5. The molecule has 0 amide bonds. The molecule has 1 aliphatic rings. The van der Waals surface area contributed by atoms with Crippen molar-refractivity contribution in [1.82, 2.24) is 10.1 Å². The molecular formula is C23H26FIN2O4. The quantitative estimate of drug-likeness (QED) is 0.187. The van der Waals surface area contributed by atoms with Crippen LogP contribution in [0.25, 0.3) is 11.0 Å². The molecule has 3 atom stereocenters. The number of piperidine rings is 1. The third kappa shape index (κ3) is 5.12. The van der Waals surface area contributed by atoms with Crippen LogP contribution in [0.15, 0.2) is 40.9 Å². The molecule has 6 nitrogen and oxygen atoms in total. The van der Waals surface area contributed by atoms with E-state index >= 15 is 0 Å². The number of fused-ring (bicyclic) bond motifs is 1. The monoisotopic (exact) mass is 540 g/mol. The summed E-state index contributed by atoms with van der Waals surface area (Å²) in [6.45, 7) is 4.01. The van der Waals surface area contributed by atoms with Crippen molar-refractivity contribution >= 4 is 33.6 Å². The molecule has 1 fully saturated rings. The van der Waals surface area contributed by atoms with Crippen molar-refractivity contribution in [2.75, 3.05) is 19.7 Å². The number of likely N-dealkylation sites (tertiary alicyclic amines) is 1. The third-order valence-electron chi connectivity index (χ3n) is 5.80. The first kappa shape index (κ1) is 22.3. The van der Waals surface area contributed by atoms with Gasteiger partial charge < -0.3 is 19.5 Å². The van der Waals surface area contributed by atoms with Gasteiger partial charge in [-0.15, -0.1) is 0 Å². The van der Waals surface area contributed by atoms with Crippen LogP contribution >= 0.6 is 22.6 Å². The van der Waals surface area contributed by atoms with E-state index in [0.717, 1.165) is 43.4 Å². The molecule has 31 heavy (non-hydrogen) atoms. The van der Waals surface area contributed by atoms with Gasteiger partial charge in [0.2, 0.25) is 0 Å². The third-order valence-corrected chi connectivity index (χ3v) is 7.10. The summed E-state index contributed by atoms with van der Waals surface area (Å²) >= 11 is 2.47. The fraction of sp³-hybridized carbons (Fsp3) is 0.435. The van der Waals surface area contributed by atoms with Gasteiger partial charge in [0.15, 0.2) is 17.1 Å². The van der Waals surface area contributed by atoms with Crippen LogP contribution in [0.3, 0.4) is 0 Å². The van der Waals surface area contributed by atoms with Crippen molar-refractivity contribution in [1.29, 1.82) is 0 Å². The summed E-state index contributed by atoms with van der Waals surface area (Å²) in [6.07, 6.45) is 2.15. The van der Waals surface area contributed by atoms with Gasteiger partial charge in [0.05, 0.1) is 22.5 Å². The normalized spacial score (nSPS) is 20.8. The number of aromatic hydroxyl groups is 1. The fourth-order valence-electron chi connectivity index (χ4n) is 4.06. The Morgan fingerprint density at radius 2 is 2.16 bits per heavy atom. The van der Waals surface area contributed by atoms with Crippen LogP contribution in [0.1, 0.15) is 49.5 Å². The Bertz CT molecular complexity index is 1040. The average molecular weight is 540 g/mol. The van der Waals surface area contributed by atoms with Gasteiger partial charge in [0, 0.05) is 23.9 Å². The highest BCUT2D eigenvalue weighted by Gasteiger charge is 2.30. The van der Waals surface area contributed by atoms with Crippen LogP contribution in [0.4, 0.5) is 4.39 Å². The lowest BCUT2D eigenvalue weighted by Gasteiger charge is -2.36. The van der Waals surface area contributed by atoms with E-state index in [1.165, 1.54) is 18.2 Å². The molecule has 1 aromatic heterocycles. The number of aliphatic hydroxyl groups excluding tert-OH is 1. The minimum absolute atomic E-state index is 0.0469. The first-order valence-corrected chi connectivity index (χ1v) is 11.7. The minimum Gasteiger partial charge on any atom is -0.504 e. The summed E-state index contributed by atoms with van der Waals surface area (Å²) in [5.74, 6) is 0.464. The highest BCUT2D eigenvalue weighted by atomic mass is 127. The number of benzene rings is 2. The Hall–Kier alpha value is -1.91. The van der Waals surface area contributed by atoms with Crippen molar-refractivity contribution < 1.29 is 23.9 Å². The Kier molecular flexibility index (Phi) is 6.98. The molecule has 0 saturated carbocycles. The van der Waals surface area contributed by atoms with Crippen LogP contribution < -0.4 is 4.74 Å². The maximum absolute atomic E-state index is 13.4. The molecule has 0 bridgehead atoms. The van der Waals surface area contributed by atoms with Crippen LogP contribution in [-0.2, 0) is 0 Å². The standard InChI is InChI=1S/C23H26FIN2O4/c1-14(28)15-3-6-20(19(29)11-15)30-10-2-8-27-9-7-16(12-22(27)25)23-18-5-4-17(24)13-21(18)31-26-23/h3-6,11,13-14,16,22,28-29H,2,7-10,12H2,1H3. The summed E-state index contributed by atoms with van der Waals surface area (Å²) in [6, 6.07) is 9.58. The van der Waals surface area contributed by atoms with Crippen molar-refractivity contribution in [3.63, 3.8) is 0 Å². The number of phenolic OH excluding ortho intramolecular Hbond substituents is 1. The Labute approximate surface area is 194 Å². The first-order chi connectivity index (χ1) is 14.9. The molecule has 3 aromatic rings. The number of halogens is 2. The Balaban J connectivity index is 1.27. The number of phenols is 1. The molecule has 1 saturated heterocycles. The number of hydrogen-bond acceptors (Lipinski definition) is 6. The van der Waals surface area contributed by atoms with Crippen molar-refractivity contribution in [3.8, 4) is 11.5 Å². The van der Waals surface area contributed by atoms with Gasteiger partial charge in [-0.25, -0.2) is 4.39 Å². The maximum atomic E-state index is 13.4. The fourth-order valence-corrected chi connectivity index (χ4v) is 5.23. The second-order valence-electron chi connectivity index (χ2n) is 8.01. The molecule has 2 heterocycles. The Morgan fingerprint density at radius 3 is 2.90 bits per heavy atom. The maximum Gasteiger partial charge on any atom is 0.170 e. The number of aliphatic hydroxyl groups is 1. The van der Waals surface area contributed by atoms with E-state index in [9.17, 15) is 14.6 Å². The molecule has 166 valence electrons. The Morgan fingerprint density at radius 1 is 1.32 bits per heavy atom. The van der Waals surface area contributed by atoms with E-state index < -0.39 is 6.10 Å². The highest BCUT2D eigenvalue weighted by Crippen LogP contribution is 2.37. The van der Waals surface area contributed by atoms with Gasteiger partial charge >= 0.3 is 0 Å². The van der Waals surface area contributed by atoms with E-state index in [1.54, 1.807) is 25.1 Å². The molecule has 4 rings (SSSR count). The van der Waals surface area contributed by atoms with Gasteiger partial charge in [-0.05, 0) is 62.6 Å². The van der Waals surface area contributed by atoms with Gasteiger partial charge in [-0.2, -0.15) is 0 Å². The second-order valence-corrected chi connectivity index (χ2v) is 9.44. The van der Waals surface area contributed by atoms with Gasteiger partial charge in [-0.1, -0.05) is 33.8 Å². The van der Waals surface area contributed by atoms with Crippen molar-refractivity contribution in [2.24, 2.45) is 0 Å². The number of ether oxygens (including phenoxy) is 1. The molecule has 0 aliphatic carbocycles. The molecule has 2 N–H and O–H groups in total. The predicted octanol–water partition coefficient (Wildman–Crippen LogP) is 5.14. The number of rotatable bonds is 7. The molecule has 8 heteroatoms. The van der Waals surface area contributed by atoms with Gasteiger partial charge in [-0.3, -0.25) is 4.90 Å². The average Bonchev–Trinajstić information content (AvgIpc) is 3.15. The number of alkyl halides is 1. The van der Waals surface area contributed by atoms with E-state index in [1.807, 2.05) is 0 Å². The van der Waals surface area contributed by atoms with Crippen LogP contribution in [0.5, 0.6) is 11.5 Å². The highest BCUT2D eigenvalue weighted by molar-refractivity contribution is 14.1. The largest absolute Gasteiger partial charge is 0.504 e. The minimum atomic E-state index is -0.625. The van der Waals surface area contributed by atoms with E-state index in [2.05, 4.69) is 32.6 Å². The smallest absolute Gasteiger partial charge is 0.170 e. The summed E-state index contributed by atoms with van der Waals surface area (Å²) < 4.78 is 24.8. The van der Waals surface area contributed by atoms with Crippen molar-refractivity contribution in [3.05, 3.63) is 53.5 Å². The van der Waals surface area contributed by atoms with Crippen molar-refractivity contribution in [2.45, 2.75) is 42.3 Å². The molecule has 3 unspecified atom stereocenters. The lowest BCUT2D eigenvalue weighted by Crippen LogP contribution is -2.39. The van der Waals surface area contributed by atoms with Gasteiger partial charge in [0.1, 0.15) is 5.82 Å². The van der Waals surface area contributed by atoms with Crippen LogP contribution in [0.2, 0.25) is 0 Å². The molecule has 2 aromatic carbocycles. The lowest BCUT2D eigenvalue weighted by atomic mass is 9.91. The lowest BCUT2D eigenvalue weighted by molar-refractivity contribution is 0.179.